The molecule has 3 aromatic rings. The molecule has 0 spiro atoms. The summed E-state index contributed by atoms with van der Waals surface area (Å²) in [6, 6.07) is 17.5. The molecule has 0 saturated heterocycles. The second-order valence-electron chi connectivity index (χ2n) is 4.58. The minimum absolute atomic E-state index is 0.497. The fourth-order valence-corrected chi connectivity index (χ4v) is 4.31. The Morgan fingerprint density at radius 1 is 1.14 bits per heavy atom. The molecule has 0 aliphatic rings. The molecule has 5 heteroatoms. The van der Waals surface area contributed by atoms with E-state index in [2.05, 4.69) is 4.98 Å². The lowest BCUT2D eigenvalue weighted by Gasteiger charge is -2.09. The van der Waals surface area contributed by atoms with E-state index in [4.69, 9.17) is 0 Å². The summed E-state index contributed by atoms with van der Waals surface area (Å²) in [4.78, 5) is 16.0. The van der Waals surface area contributed by atoms with E-state index < -0.39 is 11.2 Å². The minimum atomic E-state index is -0.803. The van der Waals surface area contributed by atoms with Crippen LogP contribution in [-0.2, 0) is 11.2 Å². The first-order chi connectivity index (χ1) is 10.2. The zero-order chi connectivity index (χ0) is 14.7. The molecule has 1 atom stereocenters. The zero-order valence-electron chi connectivity index (χ0n) is 11.1. The molecule has 1 aromatic heterocycles. The lowest BCUT2D eigenvalue weighted by atomic mass is 10.1. The van der Waals surface area contributed by atoms with Crippen LogP contribution in [0.4, 0.5) is 0 Å². The molecule has 0 aliphatic heterocycles. The highest BCUT2D eigenvalue weighted by atomic mass is 32.2. The van der Waals surface area contributed by atoms with Gasteiger partial charge in [0.15, 0.2) is 4.34 Å². The van der Waals surface area contributed by atoms with Crippen molar-refractivity contribution in [3.05, 3.63) is 60.2 Å². The van der Waals surface area contributed by atoms with Gasteiger partial charge in [-0.25, -0.2) is 4.98 Å². The molecule has 21 heavy (non-hydrogen) atoms. The summed E-state index contributed by atoms with van der Waals surface area (Å²) in [6.45, 7) is 0. The van der Waals surface area contributed by atoms with Crippen molar-refractivity contribution in [1.29, 1.82) is 0 Å². The van der Waals surface area contributed by atoms with Crippen molar-refractivity contribution in [2.75, 3.05) is 0 Å². The zero-order valence-corrected chi connectivity index (χ0v) is 12.7. The van der Waals surface area contributed by atoms with E-state index in [1.54, 1.807) is 11.3 Å². The monoisotopic (exact) mass is 315 g/mol. The fraction of sp³-hybridized carbons (Fsp3) is 0.125. The predicted molar refractivity (Wildman–Crippen MR) is 87.0 cm³/mol. The van der Waals surface area contributed by atoms with Crippen LogP contribution in [0.15, 0.2) is 58.9 Å². The van der Waals surface area contributed by atoms with E-state index in [1.165, 1.54) is 11.8 Å². The Balaban J connectivity index is 1.80. The molecule has 0 fully saturated rings. The molecule has 0 radical (unpaired) electrons. The molecule has 3 nitrogen and oxygen atoms in total. The van der Waals surface area contributed by atoms with Crippen LogP contribution >= 0.6 is 23.1 Å². The van der Waals surface area contributed by atoms with Crippen molar-refractivity contribution >= 4 is 39.3 Å². The van der Waals surface area contributed by atoms with Crippen molar-refractivity contribution < 1.29 is 9.90 Å². The van der Waals surface area contributed by atoms with Crippen molar-refractivity contribution in [3.63, 3.8) is 0 Å². The van der Waals surface area contributed by atoms with Gasteiger partial charge in [0.1, 0.15) is 5.25 Å². The Labute approximate surface area is 130 Å². The number of benzene rings is 2. The lowest BCUT2D eigenvalue weighted by molar-refractivity contribution is -0.136. The van der Waals surface area contributed by atoms with Crippen LogP contribution in [0.5, 0.6) is 0 Å². The Hall–Kier alpha value is -1.85. The normalized spacial score (nSPS) is 12.4. The number of thioether (sulfide) groups is 1. The number of aliphatic carboxylic acids is 1. The number of nitrogens with zero attached hydrogens (tertiary/aromatic N) is 1. The van der Waals surface area contributed by atoms with Gasteiger partial charge in [0.05, 0.1) is 10.2 Å². The molecular formula is C16H13NO2S2. The third kappa shape index (κ3) is 3.43. The molecular weight excluding hydrogens is 302 g/mol. The average molecular weight is 315 g/mol. The van der Waals surface area contributed by atoms with Gasteiger partial charge in [0.25, 0.3) is 0 Å². The number of para-hydroxylation sites is 1. The molecule has 0 saturated carbocycles. The third-order valence-electron chi connectivity index (χ3n) is 3.06. The highest BCUT2D eigenvalue weighted by Crippen LogP contribution is 2.33. The van der Waals surface area contributed by atoms with Crippen LogP contribution in [0, 0.1) is 0 Å². The van der Waals surface area contributed by atoms with Crippen molar-refractivity contribution in [2.24, 2.45) is 0 Å². The molecule has 0 bridgehead atoms. The number of carboxylic acid groups (broad SMARTS) is 1. The van der Waals surface area contributed by atoms with E-state index in [1.807, 2.05) is 54.6 Å². The van der Waals surface area contributed by atoms with Crippen LogP contribution in [0.25, 0.3) is 10.2 Å². The van der Waals surface area contributed by atoms with Crippen LogP contribution in [-0.4, -0.2) is 21.3 Å². The lowest BCUT2D eigenvalue weighted by Crippen LogP contribution is -2.19. The number of rotatable bonds is 5. The standard InChI is InChI=1S/C16H13NO2S2/c18-15(19)14(10-11-6-2-1-3-7-11)21-16-17-12-8-4-5-9-13(12)20-16/h1-9,14H,10H2,(H,18,19). The molecule has 2 aromatic carbocycles. The smallest absolute Gasteiger partial charge is 0.317 e. The number of fused-ring (bicyclic) bond motifs is 1. The third-order valence-corrected chi connectivity index (χ3v) is 5.37. The van der Waals surface area contributed by atoms with Gasteiger partial charge in [-0.2, -0.15) is 0 Å². The van der Waals surface area contributed by atoms with Gasteiger partial charge in [-0.15, -0.1) is 11.3 Å². The topological polar surface area (TPSA) is 50.2 Å². The molecule has 1 heterocycles. The van der Waals surface area contributed by atoms with Crippen LogP contribution in [0.3, 0.4) is 0 Å². The maximum atomic E-state index is 11.5. The van der Waals surface area contributed by atoms with Gasteiger partial charge < -0.3 is 5.11 Å². The van der Waals surface area contributed by atoms with Gasteiger partial charge in [-0.3, -0.25) is 4.79 Å². The van der Waals surface area contributed by atoms with Gasteiger partial charge in [0.2, 0.25) is 0 Å². The van der Waals surface area contributed by atoms with Crippen LogP contribution in [0.2, 0.25) is 0 Å². The number of hydrogen-bond donors (Lipinski definition) is 1. The minimum Gasteiger partial charge on any atom is -0.480 e. The number of aromatic nitrogens is 1. The van der Waals surface area contributed by atoms with E-state index in [-0.39, 0.29) is 0 Å². The van der Waals surface area contributed by atoms with E-state index in [9.17, 15) is 9.90 Å². The maximum Gasteiger partial charge on any atom is 0.317 e. The number of carbonyl (C=O) groups is 1. The summed E-state index contributed by atoms with van der Waals surface area (Å²) in [5.74, 6) is -0.803. The van der Waals surface area contributed by atoms with E-state index in [0.29, 0.717) is 6.42 Å². The SMILES string of the molecule is O=C(O)C(Cc1ccccc1)Sc1nc2ccccc2s1. The van der Waals surface area contributed by atoms with Gasteiger partial charge >= 0.3 is 5.97 Å². The van der Waals surface area contributed by atoms with Crippen molar-refractivity contribution in [2.45, 2.75) is 16.0 Å². The summed E-state index contributed by atoms with van der Waals surface area (Å²) in [5.41, 5.74) is 1.95. The Bertz CT molecular complexity index is 722. The highest BCUT2D eigenvalue weighted by molar-refractivity contribution is 8.02. The summed E-state index contributed by atoms with van der Waals surface area (Å²) < 4.78 is 1.89. The summed E-state index contributed by atoms with van der Waals surface area (Å²) in [5, 5.41) is 8.91. The molecule has 3 rings (SSSR count). The number of hydrogen-bond acceptors (Lipinski definition) is 4. The molecule has 106 valence electrons. The molecule has 1 N–H and O–H groups in total. The average Bonchev–Trinajstić information content (AvgIpc) is 2.90. The van der Waals surface area contributed by atoms with Crippen LogP contribution < -0.4 is 0 Å². The van der Waals surface area contributed by atoms with Gasteiger partial charge in [-0.1, -0.05) is 54.2 Å². The predicted octanol–water partition coefficient (Wildman–Crippen LogP) is 4.08. The number of thiazole rings is 1. The Morgan fingerprint density at radius 3 is 2.57 bits per heavy atom. The fourth-order valence-electron chi connectivity index (χ4n) is 2.03. The van der Waals surface area contributed by atoms with E-state index >= 15 is 0 Å². The van der Waals surface area contributed by atoms with E-state index in [0.717, 1.165) is 20.1 Å². The summed E-state index contributed by atoms with van der Waals surface area (Å²) in [6.07, 6.45) is 0.497. The molecule has 1 unspecified atom stereocenters. The Kier molecular flexibility index (Phi) is 4.22. The van der Waals surface area contributed by atoms with Crippen molar-refractivity contribution in [3.8, 4) is 0 Å². The summed E-state index contributed by atoms with van der Waals surface area (Å²) >= 11 is 2.87. The molecule has 0 aliphatic carbocycles. The Morgan fingerprint density at radius 2 is 1.86 bits per heavy atom. The second-order valence-corrected chi connectivity index (χ2v) is 7.06. The largest absolute Gasteiger partial charge is 0.480 e. The quantitative estimate of drug-likeness (QED) is 0.721. The van der Waals surface area contributed by atoms with Gasteiger partial charge in [-0.05, 0) is 24.1 Å². The first-order valence-electron chi connectivity index (χ1n) is 6.51. The first-order valence-corrected chi connectivity index (χ1v) is 8.21. The van der Waals surface area contributed by atoms with Crippen LogP contribution in [0.1, 0.15) is 5.56 Å². The second kappa shape index (κ2) is 6.28. The highest BCUT2D eigenvalue weighted by Gasteiger charge is 2.21. The maximum absolute atomic E-state index is 11.5. The number of carboxylic acids is 1. The summed E-state index contributed by atoms with van der Waals surface area (Å²) in [7, 11) is 0. The first kappa shape index (κ1) is 14.1. The van der Waals surface area contributed by atoms with Crippen molar-refractivity contribution in [1.82, 2.24) is 4.98 Å². The molecule has 0 amide bonds. The van der Waals surface area contributed by atoms with Gasteiger partial charge in [0, 0.05) is 0 Å².